The van der Waals surface area contributed by atoms with Crippen molar-refractivity contribution in [1.29, 1.82) is 0 Å². The Labute approximate surface area is 70.5 Å². The first kappa shape index (κ1) is 8.40. The molecule has 0 fully saturated rings. The summed E-state index contributed by atoms with van der Waals surface area (Å²) >= 11 is 0. The van der Waals surface area contributed by atoms with E-state index in [9.17, 15) is 9.59 Å². The summed E-state index contributed by atoms with van der Waals surface area (Å²) < 4.78 is 0. The van der Waals surface area contributed by atoms with E-state index in [1.54, 1.807) is 12.1 Å². The summed E-state index contributed by atoms with van der Waals surface area (Å²) in [5.74, 6) is 0. The van der Waals surface area contributed by atoms with Gasteiger partial charge in [-0.1, -0.05) is 30.3 Å². The summed E-state index contributed by atoms with van der Waals surface area (Å²) in [7, 11) is 0. The molecule has 0 N–H and O–H groups in total. The maximum atomic E-state index is 10.5. The number of carbonyl (C=O) groups excluding carboxylic acids is 2. The Bertz CT molecular complexity index is 299. The predicted molar refractivity (Wildman–Crippen MR) is 46.5 cm³/mol. The standard InChI is InChI=1S/C10H8O2/c11-7-6-10(8-12)9-4-2-1-3-5-9/h1-8H/b10-6+. The summed E-state index contributed by atoms with van der Waals surface area (Å²) in [6.07, 6.45) is 2.53. The van der Waals surface area contributed by atoms with E-state index in [1.807, 2.05) is 18.2 Å². The number of allylic oxidation sites excluding steroid dienone is 2. The molecule has 1 rings (SSSR count). The number of hydrogen-bond acceptors (Lipinski definition) is 2. The second-order valence-corrected chi connectivity index (χ2v) is 2.24. The summed E-state index contributed by atoms with van der Waals surface area (Å²) in [5.41, 5.74) is 1.17. The summed E-state index contributed by atoms with van der Waals surface area (Å²) in [5, 5.41) is 0. The number of aldehydes is 2. The van der Waals surface area contributed by atoms with Crippen LogP contribution in [0.15, 0.2) is 36.4 Å². The van der Waals surface area contributed by atoms with Gasteiger partial charge in [0.2, 0.25) is 0 Å². The van der Waals surface area contributed by atoms with Gasteiger partial charge in [0.05, 0.1) is 0 Å². The lowest BCUT2D eigenvalue weighted by Crippen LogP contribution is -1.84. The topological polar surface area (TPSA) is 34.1 Å². The molecule has 0 atom stereocenters. The van der Waals surface area contributed by atoms with Crippen molar-refractivity contribution in [2.45, 2.75) is 0 Å². The monoisotopic (exact) mass is 160 g/mol. The van der Waals surface area contributed by atoms with Gasteiger partial charge >= 0.3 is 0 Å². The molecule has 0 heterocycles. The van der Waals surface area contributed by atoms with Gasteiger partial charge in [0.15, 0.2) is 6.29 Å². The average molecular weight is 160 g/mol. The first-order chi connectivity index (χ1) is 5.88. The van der Waals surface area contributed by atoms with Crippen molar-refractivity contribution in [3.8, 4) is 0 Å². The largest absolute Gasteiger partial charge is 0.299 e. The van der Waals surface area contributed by atoms with Gasteiger partial charge in [0, 0.05) is 5.57 Å². The maximum Gasteiger partial charge on any atom is 0.150 e. The van der Waals surface area contributed by atoms with Gasteiger partial charge in [-0.2, -0.15) is 0 Å². The molecule has 0 spiro atoms. The molecule has 1 aromatic rings. The van der Waals surface area contributed by atoms with Crippen LogP contribution in [0.5, 0.6) is 0 Å². The zero-order valence-electron chi connectivity index (χ0n) is 6.44. The van der Waals surface area contributed by atoms with Crippen LogP contribution in [-0.2, 0) is 9.59 Å². The van der Waals surface area contributed by atoms with Crippen LogP contribution in [0, 0.1) is 0 Å². The summed E-state index contributed by atoms with van der Waals surface area (Å²) in [6, 6.07) is 9.05. The molecule has 2 heteroatoms. The van der Waals surface area contributed by atoms with Crippen molar-refractivity contribution in [1.82, 2.24) is 0 Å². The Hall–Kier alpha value is -1.70. The first-order valence-electron chi connectivity index (χ1n) is 3.54. The highest BCUT2D eigenvalue weighted by atomic mass is 16.1. The Kier molecular flexibility index (Phi) is 2.96. The second kappa shape index (κ2) is 4.23. The van der Waals surface area contributed by atoms with Crippen LogP contribution in [-0.4, -0.2) is 12.6 Å². The molecule has 0 saturated heterocycles. The Morgan fingerprint density at radius 3 is 2.25 bits per heavy atom. The van der Waals surface area contributed by atoms with Crippen molar-refractivity contribution in [3.05, 3.63) is 42.0 Å². The SMILES string of the molecule is O=C/C=C(\C=O)c1ccccc1. The van der Waals surface area contributed by atoms with E-state index in [-0.39, 0.29) is 0 Å². The van der Waals surface area contributed by atoms with Gasteiger partial charge in [-0.15, -0.1) is 0 Å². The quantitative estimate of drug-likeness (QED) is 0.495. The molecule has 0 saturated carbocycles. The van der Waals surface area contributed by atoms with E-state index >= 15 is 0 Å². The molecule has 0 aliphatic rings. The van der Waals surface area contributed by atoms with Gasteiger partial charge in [-0.3, -0.25) is 9.59 Å². The molecule has 0 bridgehead atoms. The fourth-order valence-electron chi connectivity index (χ4n) is 0.907. The molecular formula is C10H8O2. The minimum Gasteiger partial charge on any atom is -0.299 e. The van der Waals surface area contributed by atoms with Crippen molar-refractivity contribution in [2.75, 3.05) is 0 Å². The normalized spacial score (nSPS) is 10.8. The van der Waals surface area contributed by atoms with Gasteiger partial charge in [-0.05, 0) is 11.6 Å². The number of carbonyl (C=O) groups is 2. The van der Waals surface area contributed by atoms with E-state index in [0.29, 0.717) is 18.1 Å². The fraction of sp³-hybridized carbons (Fsp3) is 0. The molecule has 0 aliphatic heterocycles. The van der Waals surface area contributed by atoms with Gasteiger partial charge in [0.1, 0.15) is 6.29 Å². The van der Waals surface area contributed by atoms with Crippen LogP contribution in [0.4, 0.5) is 0 Å². The minimum absolute atomic E-state index is 0.408. The second-order valence-electron chi connectivity index (χ2n) is 2.24. The fourth-order valence-corrected chi connectivity index (χ4v) is 0.907. The smallest absolute Gasteiger partial charge is 0.150 e. The van der Waals surface area contributed by atoms with Gasteiger partial charge < -0.3 is 0 Å². The van der Waals surface area contributed by atoms with Crippen LogP contribution >= 0.6 is 0 Å². The summed E-state index contributed by atoms with van der Waals surface area (Å²) in [4.78, 5) is 20.6. The van der Waals surface area contributed by atoms with E-state index in [4.69, 9.17) is 0 Å². The third kappa shape index (κ3) is 1.89. The number of hydrogen-bond donors (Lipinski definition) is 0. The van der Waals surface area contributed by atoms with Crippen LogP contribution in [0.25, 0.3) is 5.57 Å². The van der Waals surface area contributed by atoms with E-state index in [2.05, 4.69) is 0 Å². The average Bonchev–Trinajstić information content (AvgIpc) is 2.15. The molecule has 2 nitrogen and oxygen atoms in total. The molecule has 0 amide bonds. The third-order valence-electron chi connectivity index (χ3n) is 1.48. The zero-order valence-corrected chi connectivity index (χ0v) is 6.44. The minimum atomic E-state index is 0.408. The van der Waals surface area contributed by atoms with E-state index in [0.717, 1.165) is 5.56 Å². The molecule has 0 aromatic heterocycles. The molecule has 60 valence electrons. The highest BCUT2D eigenvalue weighted by Gasteiger charge is 1.96. The maximum absolute atomic E-state index is 10.5. The van der Waals surface area contributed by atoms with Crippen LogP contribution < -0.4 is 0 Å². The molecule has 0 aliphatic carbocycles. The molecule has 12 heavy (non-hydrogen) atoms. The lowest BCUT2D eigenvalue weighted by Gasteiger charge is -1.95. The first-order valence-corrected chi connectivity index (χ1v) is 3.54. The Morgan fingerprint density at radius 2 is 1.75 bits per heavy atom. The van der Waals surface area contributed by atoms with E-state index < -0.39 is 0 Å². The molecular weight excluding hydrogens is 152 g/mol. The van der Waals surface area contributed by atoms with Crippen LogP contribution in [0.1, 0.15) is 5.56 Å². The highest BCUT2D eigenvalue weighted by Crippen LogP contribution is 2.09. The molecule has 1 aromatic carbocycles. The van der Waals surface area contributed by atoms with Gasteiger partial charge in [-0.25, -0.2) is 0 Å². The predicted octanol–water partition coefficient (Wildman–Crippen LogP) is 1.47. The highest BCUT2D eigenvalue weighted by molar-refractivity contribution is 6.10. The van der Waals surface area contributed by atoms with Crippen LogP contribution in [0.3, 0.4) is 0 Å². The Balaban J connectivity index is 3.03. The van der Waals surface area contributed by atoms with E-state index in [1.165, 1.54) is 6.08 Å². The van der Waals surface area contributed by atoms with Crippen molar-refractivity contribution >= 4 is 18.1 Å². The van der Waals surface area contributed by atoms with Gasteiger partial charge in [0.25, 0.3) is 0 Å². The number of rotatable bonds is 3. The Morgan fingerprint density at radius 1 is 1.08 bits per heavy atom. The molecule has 0 radical (unpaired) electrons. The lowest BCUT2D eigenvalue weighted by atomic mass is 10.1. The van der Waals surface area contributed by atoms with Crippen LogP contribution in [0.2, 0.25) is 0 Å². The molecule has 0 unspecified atom stereocenters. The third-order valence-corrected chi connectivity index (χ3v) is 1.48. The van der Waals surface area contributed by atoms with Crippen molar-refractivity contribution < 1.29 is 9.59 Å². The summed E-state index contributed by atoms with van der Waals surface area (Å²) in [6.45, 7) is 0. The lowest BCUT2D eigenvalue weighted by molar-refractivity contribution is -0.105. The zero-order chi connectivity index (χ0) is 8.81. The van der Waals surface area contributed by atoms with Crippen molar-refractivity contribution in [2.24, 2.45) is 0 Å². The number of benzene rings is 1. The van der Waals surface area contributed by atoms with Crippen molar-refractivity contribution in [3.63, 3.8) is 0 Å².